The highest BCUT2D eigenvalue weighted by Crippen LogP contribution is 2.36. The van der Waals surface area contributed by atoms with Crippen molar-refractivity contribution in [3.05, 3.63) is 65.5 Å². The number of pyridine rings is 1. The van der Waals surface area contributed by atoms with E-state index < -0.39 is 68.6 Å². The van der Waals surface area contributed by atoms with E-state index in [-0.39, 0.29) is 18.4 Å². The smallest absolute Gasteiger partial charge is 0.336 e. The quantitative estimate of drug-likeness (QED) is 0.477. The lowest BCUT2D eigenvalue weighted by Crippen LogP contribution is -2.54. The third kappa shape index (κ3) is 7.17. The minimum atomic E-state index is -4.93. The maximum atomic E-state index is 13.9. The van der Waals surface area contributed by atoms with Crippen LogP contribution in [-0.2, 0) is 26.6 Å². The summed E-state index contributed by atoms with van der Waals surface area (Å²) < 4.78 is 106. The molecule has 2 aromatic rings. The van der Waals surface area contributed by atoms with Crippen molar-refractivity contribution in [2.75, 3.05) is 5.75 Å². The number of hydrogen-bond acceptors (Lipinski definition) is 6. The van der Waals surface area contributed by atoms with E-state index in [0.29, 0.717) is 6.07 Å². The predicted octanol–water partition coefficient (Wildman–Crippen LogP) is 3.45. The molecule has 0 spiro atoms. The fourth-order valence-electron chi connectivity index (χ4n) is 3.39. The molecule has 1 aliphatic rings. The largest absolute Gasteiger partial charge is 0.433 e. The van der Waals surface area contributed by atoms with Gasteiger partial charge in [-0.3, -0.25) is 10.1 Å². The Balaban J connectivity index is 1.89. The summed E-state index contributed by atoms with van der Waals surface area (Å²) in [6.45, 7) is 0. The number of rotatable bonds is 9. The van der Waals surface area contributed by atoms with E-state index in [1.807, 2.05) is 11.4 Å². The molecule has 1 fully saturated rings. The highest BCUT2D eigenvalue weighted by molar-refractivity contribution is 7.90. The van der Waals surface area contributed by atoms with Gasteiger partial charge in [0, 0.05) is 0 Å². The zero-order chi connectivity index (χ0) is 26.8. The fourth-order valence-corrected chi connectivity index (χ4v) is 4.88. The Kier molecular flexibility index (Phi) is 7.66. The van der Waals surface area contributed by atoms with Gasteiger partial charge in [0.2, 0.25) is 5.91 Å². The van der Waals surface area contributed by atoms with Gasteiger partial charge in [0.05, 0.1) is 23.3 Å². The van der Waals surface area contributed by atoms with E-state index in [1.165, 1.54) is 18.2 Å². The van der Waals surface area contributed by atoms with Gasteiger partial charge in [0.15, 0.2) is 9.84 Å². The topological polar surface area (TPSA) is 112 Å². The second-order valence-corrected chi connectivity index (χ2v) is 10.5. The number of nitriles is 1. The Morgan fingerprint density at radius 3 is 2.22 bits per heavy atom. The van der Waals surface area contributed by atoms with Crippen LogP contribution in [0.5, 0.6) is 0 Å². The number of nitrogens with one attached hydrogen (secondary N) is 2. The van der Waals surface area contributed by atoms with Gasteiger partial charge >= 0.3 is 12.4 Å². The summed E-state index contributed by atoms with van der Waals surface area (Å²) in [5.74, 6) is -3.38. The maximum Gasteiger partial charge on any atom is 0.433 e. The van der Waals surface area contributed by atoms with E-state index in [9.17, 15) is 44.8 Å². The number of sulfone groups is 1. The Labute approximate surface area is 202 Å². The Morgan fingerprint density at radius 1 is 1.06 bits per heavy atom. The van der Waals surface area contributed by atoms with Gasteiger partial charge in [-0.25, -0.2) is 13.4 Å². The summed E-state index contributed by atoms with van der Waals surface area (Å²) in [7, 11) is -4.46. The molecule has 0 saturated heterocycles. The monoisotopic (exact) mass is 534 g/mol. The Bertz CT molecular complexity index is 1240. The van der Waals surface area contributed by atoms with E-state index in [2.05, 4.69) is 10.3 Å². The van der Waals surface area contributed by atoms with Crippen LogP contribution in [0.4, 0.5) is 26.3 Å². The minimum absolute atomic E-state index is 0.240. The van der Waals surface area contributed by atoms with Crippen LogP contribution in [0.15, 0.2) is 48.5 Å². The lowest BCUT2D eigenvalue weighted by atomic mass is 10.1. The highest BCUT2D eigenvalue weighted by Gasteiger charge is 2.48. The van der Waals surface area contributed by atoms with Crippen LogP contribution in [0, 0.1) is 11.3 Å². The molecule has 3 rings (SSSR count). The van der Waals surface area contributed by atoms with Crippen molar-refractivity contribution in [1.29, 1.82) is 5.26 Å². The first-order valence-corrected chi connectivity index (χ1v) is 12.3. The minimum Gasteiger partial charge on any atom is -0.336 e. The number of nitrogens with zero attached hydrogens (tertiary/aromatic N) is 2. The van der Waals surface area contributed by atoms with Crippen LogP contribution in [0.3, 0.4) is 0 Å². The van der Waals surface area contributed by atoms with E-state index in [0.717, 1.165) is 24.3 Å². The SMILES string of the molecule is N#CC1(NC(=O)C(CS(=O)(=O)Cc2cccc(C(F)(F)F)n2)N[C@H](c2ccccc2)C(F)(F)F)CC1. The van der Waals surface area contributed by atoms with E-state index >= 15 is 0 Å². The summed E-state index contributed by atoms with van der Waals surface area (Å²) in [6.07, 6.45) is -9.29. The van der Waals surface area contributed by atoms with Crippen LogP contribution in [-0.4, -0.2) is 42.8 Å². The number of benzene rings is 1. The normalized spacial score (nSPS) is 17.0. The first-order chi connectivity index (χ1) is 16.6. The van der Waals surface area contributed by atoms with Crippen molar-refractivity contribution < 1.29 is 39.6 Å². The molecule has 7 nitrogen and oxygen atoms in total. The van der Waals surface area contributed by atoms with Crippen LogP contribution in [0.25, 0.3) is 0 Å². The summed E-state index contributed by atoms with van der Waals surface area (Å²) >= 11 is 0. The van der Waals surface area contributed by atoms with Crippen molar-refractivity contribution in [2.45, 2.75) is 48.6 Å². The zero-order valence-corrected chi connectivity index (χ0v) is 19.2. The average Bonchev–Trinajstić information content (AvgIpc) is 3.55. The molecule has 0 aliphatic heterocycles. The van der Waals surface area contributed by atoms with Gasteiger partial charge in [0.1, 0.15) is 23.3 Å². The highest BCUT2D eigenvalue weighted by atomic mass is 32.2. The zero-order valence-electron chi connectivity index (χ0n) is 18.4. The second kappa shape index (κ2) is 10.1. The van der Waals surface area contributed by atoms with Gasteiger partial charge in [-0.2, -0.15) is 31.6 Å². The Morgan fingerprint density at radius 2 is 1.69 bits per heavy atom. The summed E-state index contributed by atoms with van der Waals surface area (Å²) in [5.41, 5.74) is -3.42. The van der Waals surface area contributed by atoms with Gasteiger partial charge < -0.3 is 5.32 Å². The Hall–Kier alpha value is -3.18. The van der Waals surface area contributed by atoms with Gasteiger partial charge in [-0.05, 0) is 30.5 Å². The van der Waals surface area contributed by atoms with Crippen LogP contribution < -0.4 is 10.6 Å². The summed E-state index contributed by atoms with van der Waals surface area (Å²) in [5, 5.41) is 13.5. The number of hydrogen-bond donors (Lipinski definition) is 2. The molecular weight excluding hydrogens is 514 g/mol. The molecule has 1 heterocycles. The molecule has 14 heteroatoms. The van der Waals surface area contributed by atoms with Crippen LogP contribution in [0.2, 0.25) is 0 Å². The molecule has 2 N–H and O–H groups in total. The molecule has 1 aromatic carbocycles. The van der Waals surface area contributed by atoms with Crippen molar-refractivity contribution in [3.63, 3.8) is 0 Å². The summed E-state index contributed by atoms with van der Waals surface area (Å²) in [4.78, 5) is 16.1. The van der Waals surface area contributed by atoms with Crippen LogP contribution >= 0.6 is 0 Å². The van der Waals surface area contributed by atoms with Gasteiger partial charge in [-0.15, -0.1) is 0 Å². The van der Waals surface area contributed by atoms with Crippen LogP contribution in [0.1, 0.15) is 35.8 Å². The first kappa shape index (κ1) is 27.4. The number of carbonyl (C=O) groups excluding carboxylic acids is 1. The number of halogens is 6. The molecule has 1 saturated carbocycles. The number of amides is 1. The molecule has 1 amide bonds. The van der Waals surface area contributed by atoms with Gasteiger partial charge in [0.25, 0.3) is 0 Å². The fraction of sp³-hybridized carbons (Fsp3) is 0.409. The van der Waals surface area contributed by atoms with Crippen molar-refractivity contribution in [1.82, 2.24) is 15.6 Å². The average molecular weight is 534 g/mol. The molecule has 0 radical (unpaired) electrons. The number of aromatic nitrogens is 1. The molecule has 0 bridgehead atoms. The lowest BCUT2D eigenvalue weighted by molar-refractivity contribution is -0.160. The van der Waals surface area contributed by atoms with E-state index in [4.69, 9.17) is 0 Å². The van der Waals surface area contributed by atoms with Gasteiger partial charge in [-0.1, -0.05) is 36.4 Å². The second-order valence-electron chi connectivity index (χ2n) is 8.35. The predicted molar refractivity (Wildman–Crippen MR) is 115 cm³/mol. The third-order valence-electron chi connectivity index (χ3n) is 5.36. The number of carbonyl (C=O) groups is 1. The third-order valence-corrected chi connectivity index (χ3v) is 6.93. The molecule has 1 aliphatic carbocycles. The van der Waals surface area contributed by atoms with Crippen molar-refractivity contribution in [3.8, 4) is 6.07 Å². The molecule has 2 atom stereocenters. The van der Waals surface area contributed by atoms with Crippen molar-refractivity contribution in [2.24, 2.45) is 0 Å². The first-order valence-electron chi connectivity index (χ1n) is 10.5. The van der Waals surface area contributed by atoms with E-state index in [1.54, 1.807) is 0 Å². The molecular formula is C22H20F6N4O3S. The molecule has 1 unspecified atom stereocenters. The molecule has 1 aromatic heterocycles. The summed E-state index contributed by atoms with van der Waals surface area (Å²) in [6, 6.07) is 6.43. The lowest BCUT2D eigenvalue weighted by Gasteiger charge is -2.28. The van der Waals surface area contributed by atoms with Crippen molar-refractivity contribution >= 4 is 15.7 Å². The standard InChI is InChI=1S/C22H20F6N4O3S/c23-21(24,25)17-8-4-7-15(30-17)11-36(34,35)12-16(19(33)32-20(13-29)9-10-20)31-18(22(26,27)28)14-5-2-1-3-6-14/h1-8,16,18,31H,9-12H2,(H,32,33)/t16?,18-/m1/s1. The number of alkyl halides is 6. The molecule has 36 heavy (non-hydrogen) atoms. The molecule has 194 valence electrons. The maximum absolute atomic E-state index is 13.9.